The van der Waals surface area contributed by atoms with Crippen molar-refractivity contribution in [3.05, 3.63) is 76.9 Å². The number of carbonyl (C=O) groups excluding carboxylic acids is 1. The maximum absolute atomic E-state index is 13.1. The molecule has 0 aromatic heterocycles. The van der Waals surface area contributed by atoms with Gasteiger partial charge in [0.2, 0.25) is 0 Å². The van der Waals surface area contributed by atoms with Gasteiger partial charge in [-0.2, -0.15) is 13.2 Å². The summed E-state index contributed by atoms with van der Waals surface area (Å²) in [6.07, 6.45) is -1.11. The fraction of sp³-hybridized carbons (Fsp3) is 0.500. The molecule has 0 aliphatic carbocycles. The second kappa shape index (κ2) is 10.5. The first kappa shape index (κ1) is 27.2. The van der Waals surface area contributed by atoms with Crippen LogP contribution in [0, 0.1) is 0 Å². The first-order valence-corrected chi connectivity index (χ1v) is 13.0. The number of nitrogens with zero attached hydrogens (tertiary/aromatic N) is 2. The topological polar surface area (TPSA) is 32.8 Å². The predicted octanol–water partition coefficient (Wildman–Crippen LogP) is 7.39. The molecule has 2 aromatic carbocycles. The van der Waals surface area contributed by atoms with Crippen LogP contribution in [-0.4, -0.2) is 53.2 Å². The smallest absolute Gasteiger partial charge is 0.416 e. The summed E-state index contributed by atoms with van der Waals surface area (Å²) in [5, 5.41) is 0. The van der Waals surface area contributed by atoms with Crippen molar-refractivity contribution < 1.29 is 22.7 Å². The van der Waals surface area contributed by atoms with E-state index in [1.807, 2.05) is 51.1 Å². The minimum Gasteiger partial charge on any atom is -0.444 e. The molecule has 7 heteroatoms. The Bertz CT molecular complexity index is 1100. The Labute approximate surface area is 218 Å². The molecule has 2 saturated heterocycles. The molecule has 0 radical (unpaired) electrons. The molecule has 37 heavy (non-hydrogen) atoms. The molecule has 2 aromatic rings. The molecule has 0 unspecified atom stereocenters. The quantitative estimate of drug-likeness (QED) is 0.428. The number of hydrogen-bond donors (Lipinski definition) is 0. The lowest BCUT2D eigenvalue weighted by molar-refractivity contribution is -0.137. The molecule has 4 nitrogen and oxygen atoms in total. The van der Waals surface area contributed by atoms with E-state index in [1.165, 1.54) is 17.7 Å². The Morgan fingerprint density at radius 2 is 1.38 bits per heavy atom. The molecule has 0 N–H and O–H groups in total. The average Bonchev–Trinajstić information content (AvgIpc) is 2.84. The monoisotopic (exact) mass is 514 g/mol. The van der Waals surface area contributed by atoms with E-state index in [0.29, 0.717) is 13.1 Å². The van der Waals surface area contributed by atoms with E-state index in [-0.39, 0.29) is 11.6 Å². The van der Waals surface area contributed by atoms with Crippen molar-refractivity contribution in [1.29, 1.82) is 0 Å². The maximum atomic E-state index is 13.1. The normalized spacial score (nSPS) is 19.0. The van der Waals surface area contributed by atoms with Crippen LogP contribution in [0.3, 0.4) is 0 Å². The molecule has 1 amide bonds. The van der Waals surface area contributed by atoms with Crippen LogP contribution >= 0.6 is 0 Å². The highest BCUT2D eigenvalue weighted by Gasteiger charge is 2.39. The van der Waals surface area contributed by atoms with Gasteiger partial charge in [-0.3, -0.25) is 4.90 Å². The second-order valence-corrected chi connectivity index (χ2v) is 11.4. The number of carbonyl (C=O) groups is 1. The van der Waals surface area contributed by atoms with Crippen molar-refractivity contribution in [3.8, 4) is 0 Å². The first-order chi connectivity index (χ1) is 17.4. The van der Waals surface area contributed by atoms with Gasteiger partial charge in [0.1, 0.15) is 5.60 Å². The zero-order chi connectivity index (χ0) is 26.8. The summed E-state index contributed by atoms with van der Waals surface area (Å²) < 4.78 is 45.0. The van der Waals surface area contributed by atoms with Gasteiger partial charge in [-0.15, -0.1) is 0 Å². The molecule has 0 saturated carbocycles. The number of piperidine rings is 2. The lowest BCUT2D eigenvalue weighted by Gasteiger charge is -2.48. The van der Waals surface area contributed by atoms with Gasteiger partial charge < -0.3 is 9.64 Å². The van der Waals surface area contributed by atoms with Crippen LogP contribution in [-0.2, 0) is 10.9 Å². The average molecular weight is 515 g/mol. The van der Waals surface area contributed by atoms with Gasteiger partial charge in [-0.25, -0.2) is 4.79 Å². The third kappa shape index (κ3) is 6.56. The Balaban J connectivity index is 1.49. The number of ether oxygens (including phenoxy) is 1. The highest BCUT2D eigenvalue weighted by Crippen LogP contribution is 2.38. The minimum atomic E-state index is -4.35. The van der Waals surface area contributed by atoms with Crippen molar-refractivity contribution in [2.75, 3.05) is 26.2 Å². The summed E-state index contributed by atoms with van der Waals surface area (Å²) in [6, 6.07) is 15.5. The second-order valence-electron chi connectivity index (χ2n) is 11.4. The summed E-state index contributed by atoms with van der Waals surface area (Å²) in [5.74, 6) is 0. The molecular formula is C30H37F3N2O2. The van der Waals surface area contributed by atoms with E-state index in [4.69, 9.17) is 4.74 Å². The van der Waals surface area contributed by atoms with Crippen molar-refractivity contribution in [2.24, 2.45) is 0 Å². The number of likely N-dealkylation sites (tertiary alicyclic amines) is 2. The number of benzene rings is 2. The van der Waals surface area contributed by atoms with Crippen LogP contribution in [0.25, 0.3) is 5.57 Å². The molecule has 2 heterocycles. The Kier molecular flexibility index (Phi) is 7.75. The summed E-state index contributed by atoms with van der Waals surface area (Å²) in [6.45, 7) is 11.0. The summed E-state index contributed by atoms with van der Waals surface area (Å²) in [7, 11) is 0. The molecule has 4 rings (SSSR count). The standard InChI is InChI=1S/C30H37F3N2O2/c1-28(2,3)37-27(36)34-20-16-29(4,17-21-34)35-18-14-24(15-19-35)26(22-8-6-5-7-9-22)23-10-12-25(13-11-23)30(31,32)33/h5-13H,14-21H2,1-4H3. The molecule has 2 aliphatic heterocycles. The van der Waals surface area contributed by atoms with Crippen LogP contribution in [0.1, 0.15) is 70.1 Å². The van der Waals surface area contributed by atoms with E-state index in [9.17, 15) is 18.0 Å². The van der Waals surface area contributed by atoms with Gasteiger partial charge >= 0.3 is 12.3 Å². The summed E-state index contributed by atoms with van der Waals surface area (Å²) >= 11 is 0. The highest BCUT2D eigenvalue weighted by atomic mass is 19.4. The SMILES string of the molecule is CC(C)(C)OC(=O)N1CCC(C)(N2CCC(=C(c3ccccc3)c3ccc(C(F)(F)F)cc3)CC2)CC1. The first-order valence-electron chi connectivity index (χ1n) is 13.0. The van der Waals surface area contributed by atoms with Gasteiger partial charge in [0.15, 0.2) is 0 Å². The predicted molar refractivity (Wildman–Crippen MR) is 140 cm³/mol. The van der Waals surface area contributed by atoms with Crippen LogP contribution in [0.5, 0.6) is 0 Å². The van der Waals surface area contributed by atoms with Crippen LogP contribution in [0.2, 0.25) is 0 Å². The molecule has 2 aliphatic rings. The fourth-order valence-electron chi connectivity index (χ4n) is 5.39. The zero-order valence-corrected chi connectivity index (χ0v) is 22.2. The lowest BCUT2D eigenvalue weighted by Crippen LogP contribution is -2.56. The van der Waals surface area contributed by atoms with Crippen molar-refractivity contribution in [3.63, 3.8) is 0 Å². The number of halogens is 3. The van der Waals surface area contributed by atoms with Gasteiger partial charge in [0, 0.05) is 31.7 Å². The van der Waals surface area contributed by atoms with Crippen molar-refractivity contribution >= 4 is 11.7 Å². The van der Waals surface area contributed by atoms with Crippen LogP contribution < -0.4 is 0 Å². The summed E-state index contributed by atoms with van der Waals surface area (Å²) in [5.41, 5.74) is 3.04. The van der Waals surface area contributed by atoms with Gasteiger partial charge in [-0.05, 0) is 82.2 Å². The Hall–Kier alpha value is -2.80. The number of hydrogen-bond acceptors (Lipinski definition) is 3. The van der Waals surface area contributed by atoms with Crippen molar-refractivity contribution in [2.45, 2.75) is 70.7 Å². The van der Waals surface area contributed by atoms with Crippen LogP contribution in [0.4, 0.5) is 18.0 Å². The zero-order valence-electron chi connectivity index (χ0n) is 22.2. The van der Waals surface area contributed by atoms with E-state index in [2.05, 4.69) is 11.8 Å². The third-order valence-electron chi connectivity index (χ3n) is 7.54. The molecule has 0 spiro atoms. The van der Waals surface area contributed by atoms with Crippen molar-refractivity contribution in [1.82, 2.24) is 9.80 Å². The number of alkyl halides is 3. The molecule has 0 bridgehead atoms. The van der Waals surface area contributed by atoms with Gasteiger partial charge in [0.25, 0.3) is 0 Å². The third-order valence-corrected chi connectivity index (χ3v) is 7.54. The van der Waals surface area contributed by atoms with E-state index >= 15 is 0 Å². The number of rotatable bonds is 3. The molecule has 200 valence electrons. The molecule has 2 fully saturated rings. The van der Waals surface area contributed by atoms with Gasteiger partial charge in [0.05, 0.1) is 5.56 Å². The highest BCUT2D eigenvalue weighted by molar-refractivity contribution is 5.82. The van der Waals surface area contributed by atoms with Crippen LogP contribution in [0.15, 0.2) is 60.2 Å². The minimum absolute atomic E-state index is 0.00527. The fourth-order valence-corrected chi connectivity index (χ4v) is 5.39. The largest absolute Gasteiger partial charge is 0.444 e. The summed E-state index contributed by atoms with van der Waals surface area (Å²) in [4.78, 5) is 16.8. The Morgan fingerprint density at radius 3 is 1.89 bits per heavy atom. The van der Waals surface area contributed by atoms with E-state index < -0.39 is 17.3 Å². The molecular weight excluding hydrogens is 477 g/mol. The van der Waals surface area contributed by atoms with E-state index in [1.54, 1.807) is 17.0 Å². The molecule has 0 atom stereocenters. The van der Waals surface area contributed by atoms with Gasteiger partial charge in [-0.1, -0.05) is 48.0 Å². The lowest BCUT2D eigenvalue weighted by atomic mass is 9.83. The Morgan fingerprint density at radius 1 is 0.838 bits per heavy atom. The maximum Gasteiger partial charge on any atom is 0.416 e. The number of amides is 1. The van der Waals surface area contributed by atoms with E-state index in [0.717, 1.165) is 55.5 Å².